The van der Waals surface area contributed by atoms with Gasteiger partial charge in [0.1, 0.15) is 29.3 Å². The summed E-state index contributed by atoms with van der Waals surface area (Å²) in [5, 5.41) is 0.828. The Morgan fingerprint density at radius 1 is 1.15 bits per heavy atom. The quantitative estimate of drug-likeness (QED) is 0.423. The summed E-state index contributed by atoms with van der Waals surface area (Å²) in [7, 11) is 0. The first-order valence-electron chi connectivity index (χ1n) is 11.4. The summed E-state index contributed by atoms with van der Waals surface area (Å²) in [6.07, 6.45) is 6.85. The van der Waals surface area contributed by atoms with E-state index in [2.05, 4.69) is 34.2 Å². The maximum absolute atomic E-state index is 12.2. The first-order chi connectivity index (χ1) is 16.5. The lowest BCUT2D eigenvalue weighted by Gasteiger charge is -2.33. The van der Waals surface area contributed by atoms with Crippen LogP contribution in [0, 0.1) is 6.92 Å². The van der Waals surface area contributed by atoms with Crippen LogP contribution in [0.3, 0.4) is 0 Å². The number of carbonyl (C=O) groups is 1. The molecule has 1 aliphatic rings. The third-order valence-electron chi connectivity index (χ3n) is 6.38. The summed E-state index contributed by atoms with van der Waals surface area (Å²) in [5.74, 6) is 1.96. The standard InChI is InChI=1S/C27H27N5O2/c1-3-24(33)31-13-7-8-19(15-31)32-16-23(25-26(28)29-17-30-27(25)32)22-12-11-21(14-18(22)2)34-20-9-5-4-6-10-20/h3-6,9-12,14,16-17,19H,1,7-8,13,15H2,2H3,(H2,28,29,30)/t19-/m1/s1. The number of ether oxygens (including phenoxy) is 1. The number of nitrogens with zero attached hydrogens (tertiary/aromatic N) is 4. The Morgan fingerprint density at radius 3 is 2.74 bits per heavy atom. The van der Waals surface area contributed by atoms with E-state index in [0.717, 1.165) is 58.6 Å². The zero-order chi connectivity index (χ0) is 23.7. The normalized spacial score (nSPS) is 15.9. The van der Waals surface area contributed by atoms with Crippen LogP contribution in [-0.2, 0) is 4.79 Å². The summed E-state index contributed by atoms with van der Waals surface area (Å²) >= 11 is 0. The van der Waals surface area contributed by atoms with E-state index in [0.29, 0.717) is 12.4 Å². The molecule has 0 unspecified atom stereocenters. The van der Waals surface area contributed by atoms with Crippen molar-refractivity contribution in [2.75, 3.05) is 18.8 Å². The Labute approximate surface area is 198 Å². The second kappa shape index (κ2) is 9.02. The average Bonchev–Trinajstić information content (AvgIpc) is 3.25. The highest BCUT2D eigenvalue weighted by molar-refractivity contribution is 6.01. The lowest BCUT2D eigenvalue weighted by atomic mass is 10.0. The van der Waals surface area contributed by atoms with Crippen molar-refractivity contribution in [2.24, 2.45) is 0 Å². The van der Waals surface area contributed by atoms with Gasteiger partial charge in [0.25, 0.3) is 0 Å². The molecule has 2 aromatic heterocycles. The third-order valence-corrected chi connectivity index (χ3v) is 6.38. The van der Waals surface area contributed by atoms with Gasteiger partial charge in [0, 0.05) is 24.8 Å². The molecule has 0 bridgehead atoms. The highest BCUT2D eigenvalue weighted by atomic mass is 16.5. The number of aromatic nitrogens is 3. The van der Waals surface area contributed by atoms with E-state index in [4.69, 9.17) is 10.5 Å². The van der Waals surface area contributed by atoms with Crippen LogP contribution in [0.5, 0.6) is 11.5 Å². The fourth-order valence-corrected chi connectivity index (χ4v) is 4.73. The first kappa shape index (κ1) is 21.7. The predicted molar refractivity (Wildman–Crippen MR) is 134 cm³/mol. The van der Waals surface area contributed by atoms with Crippen LogP contribution in [0.4, 0.5) is 5.82 Å². The second-order valence-corrected chi connectivity index (χ2v) is 8.58. The summed E-state index contributed by atoms with van der Waals surface area (Å²) in [6.45, 7) is 7.05. The molecule has 1 aliphatic heterocycles. The van der Waals surface area contributed by atoms with Crippen LogP contribution in [-0.4, -0.2) is 38.4 Å². The van der Waals surface area contributed by atoms with Crippen LogP contribution in [0.15, 0.2) is 73.7 Å². The number of amides is 1. The Kier molecular flexibility index (Phi) is 5.76. The molecule has 0 aliphatic carbocycles. The Morgan fingerprint density at radius 2 is 1.97 bits per heavy atom. The number of fused-ring (bicyclic) bond motifs is 1. The third kappa shape index (κ3) is 4.01. The highest BCUT2D eigenvalue weighted by Crippen LogP contribution is 2.38. The van der Waals surface area contributed by atoms with Gasteiger partial charge in [-0.25, -0.2) is 9.97 Å². The first-order valence-corrected chi connectivity index (χ1v) is 11.4. The number of rotatable bonds is 5. The minimum absolute atomic E-state index is 0.0413. The fourth-order valence-electron chi connectivity index (χ4n) is 4.73. The summed E-state index contributed by atoms with van der Waals surface area (Å²) in [6, 6.07) is 15.9. The number of carbonyl (C=O) groups excluding carboxylic acids is 1. The topological polar surface area (TPSA) is 86.3 Å². The molecule has 0 saturated carbocycles. The van der Waals surface area contributed by atoms with Crippen LogP contribution in [0.25, 0.3) is 22.2 Å². The molecule has 2 aromatic carbocycles. The van der Waals surface area contributed by atoms with Gasteiger partial charge >= 0.3 is 0 Å². The highest BCUT2D eigenvalue weighted by Gasteiger charge is 2.27. The number of para-hydroxylation sites is 1. The van der Waals surface area contributed by atoms with E-state index in [1.54, 1.807) is 0 Å². The molecule has 1 atom stereocenters. The van der Waals surface area contributed by atoms with Gasteiger partial charge in [0.05, 0.1) is 11.4 Å². The van der Waals surface area contributed by atoms with Gasteiger partial charge in [-0.3, -0.25) is 4.79 Å². The van der Waals surface area contributed by atoms with Gasteiger partial charge in [-0.2, -0.15) is 0 Å². The van der Waals surface area contributed by atoms with Gasteiger partial charge in [-0.1, -0.05) is 30.8 Å². The van der Waals surface area contributed by atoms with Crippen molar-refractivity contribution in [3.8, 4) is 22.6 Å². The molecule has 1 saturated heterocycles. The van der Waals surface area contributed by atoms with Crippen LogP contribution in [0.2, 0.25) is 0 Å². The average molecular weight is 454 g/mol. The lowest BCUT2D eigenvalue weighted by Crippen LogP contribution is -2.39. The molecule has 1 fully saturated rings. The number of nitrogens with two attached hydrogens (primary N) is 1. The molecule has 0 spiro atoms. The van der Waals surface area contributed by atoms with Gasteiger partial charge in [0.15, 0.2) is 0 Å². The molecule has 0 radical (unpaired) electrons. The van der Waals surface area contributed by atoms with Gasteiger partial charge in [-0.05, 0) is 61.2 Å². The Hall–Kier alpha value is -4.13. The number of hydrogen-bond donors (Lipinski definition) is 1. The van der Waals surface area contributed by atoms with Crippen molar-refractivity contribution in [2.45, 2.75) is 25.8 Å². The molecule has 1 amide bonds. The van der Waals surface area contributed by atoms with Crippen molar-refractivity contribution in [1.82, 2.24) is 19.4 Å². The Bertz CT molecular complexity index is 1360. The fraction of sp³-hybridized carbons (Fsp3) is 0.222. The molecule has 172 valence electrons. The summed E-state index contributed by atoms with van der Waals surface area (Å²) in [5.41, 5.74) is 10.2. The summed E-state index contributed by atoms with van der Waals surface area (Å²) in [4.78, 5) is 22.9. The number of hydrogen-bond acceptors (Lipinski definition) is 5. The van der Waals surface area contributed by atoms with Crippen LogP contribution < -0.4 is 10.5 Å². The molecular formula is C27H27N5O2. The summed E-state index contributed by atoms with van der Waals surface area (Å²) < 4.78 is 8.16. The molecule has 4 aromatic rings. The minimum atomic E-state index is -0.0413. The molecule has 34 heavy (non-hydrogen) atoms. The van der Waals surface area contributed by atoms with E-state index >= 15 is 0 Å². The Balaban J connectivity index is 1.54. The number of anilines is 1. The van der Waals surface area contributed by atoms with E-state index in [1.807, 2.05) is 53.4 Å². The van der Waals surface area contributed by atoms with E-state index in [1.165, 1.54) is 12.4 Å². The minimum Gasteiger partial charge on any atom is -0.457 e. The van der Waals surface area contributed by atoms with Crippen molar-refractivity contribution < 1.29 is 9.53 Å². The SMILES string of the molecule is C=CC(=O)N1CCC[C@@H](n2cc(-c3ccc(Oc4ccccc4)cc3C)c3c(N)ncnc32)C1. The van der Waals surface area contributed by atoms with Crippen molar-refractivity contribution in [3.63, 3.8) is 0 Å². The molecule has 5 rings (SSSR count). The molecule has 2 N–H and O–H groups in total. The van der Waals surface area contributed by atoms with E-state index in [9.17, 15) is 4.79 Å². The number of benzene rings is 2. The lowest BCUT2D eigenvalue weighted by molar-refractivity contribution is -0.127. The van der Waals surface area contributed by atoms with E-state index in [-0.39, 0.29) is 11.9 Å². The zero-order valence-electron chi connectivity index (χ0n) is 19.1. The van der Waals surface area contributed by atoms with E-state index < -0.39 is 0 Å². The monoisotopic (exact) mass is 453 g/mol. The largest absolute Gasteiger partial charge is 0.457 e. The predicted octanol–water partition coefficient (Wildman–Crippen LogP) is 5.13. The number of aryl methyl sites for hydroxylation is 1. The molecular weight excluding hydrogens is 426 g/mol. The molecule has 7 heteroatoms. The molecule has 7 nitrogen and oxygen atoms in total. The van der Waals surface area contributed by atoms with Gasteiger partial charge in [0.2, 0.25) is 5.91 Å². The van der Waals surface area contributed by atoms with Crippen molar-refractivity contribution in [3.05, 3.63) is 79.3 Å². The van der Waals surface area contributed by atoms with Gasteiger partial charge < -0.3 is 19.9 Å². The zero-order valence-corrected chi connectivity index (χ0v) is 19.1. The van der Waals surface area contributed by atoms with Crippen molar-refractivity contribution in [1.29, 1.82) is 0 Å². The molecule has 3 heterocycles. The van der Waals surface area contributed by atoms with Gasteiger partial charge in [-0.15, -0.1) is 0 Å². The maximum Gasteiger partial charge on any atom is 0.246 e. The number of likely N-dealkylation sites (tertiary alicyclic amines) is 1. The second-order valence-electron chi connectivity index (χ2n) is 8.58. The van der Waals surface area contributed by atoms with Crippen LogP contribution >= 0.6 is 0 Å². The van der Waals surface area contributed by atoms with Crippen LogP contribution in [0.1, 0.15) is 24.4 Å². The number of nitrogen functional groups attached to an aromatic ring is 1. The number of piperidine rings is 1. The van der Waals surface area contributed by atoms with Crippen molar-refractivity contribution >= 4 is 22.8 Å². The maximum atomic E-state index is 12.2. The smallest absolute Gasteiger partial charge is 0.246 e.